The molecule has 1 rings (SSSR count). The van der Waals surface area contributed by atoms with Crippen molar-refractivity contribution in [3.8, 4) is 0 Å². The molecule has 0 aliphatic heterocycles. The Balaban J connectivity index is 2.58. The van der Waals surface area contributed by atoms with E-state index in [0.717, 1.165) is 11.6 Å². The molecule has 0 saturated carbocycles. The van der Waals surface area contributed by atoms with Crippen molar-refractivity contribution >= 4 is 22.0 Å². The first-order valence-electron chi connectivity index (χ1n) is 5.51. The normalized spacial score (nSPS) is 10.4. The molecule has 0 saturated heterocycles. The van der Waals surface area contributed by atoms with E-state index in [1.807, 2.05) is 0 Å². The average Bonchev–Trinajstić information content (AvgIpc) is 2.38. The number of amides is 2. The lowest BCUT2D eigenvalue weighted by atomic mass is 10.2. The predicted octanol–water partition coefficient (Wildman–Crippen LogP) is 0.670. The Kier molecular flexibility index (Phi) is 5.27. The SMILES string of the molecule is C=CC(=O)NCOC(=O)NS(=O)(=O)c1ccc(C)cc1. The number of carbonyl (C=O) groups is 2. The number of benzene rings is 1. The Morgan fingerprint density at radius 1 is 1.30 bits per heavy atom. The number of ether oxygens (including phenoxy) is 1. The quantitative estimate of drug-likeness (QED) is 0.614. The van der Waals surface area contributed by atoms with Gasteiger partial charge in [-0.25, -0.2) is 17.9 Å². The Bertz CT molecular complexity index is 607. The molecule has 20 heavy (non-hydrogen) atoms. The number of carbonyl (C=O) groups excluding carboxylic acids is 2. The van der Waals surface area contributed by atoms with Gasteiger partial charge in [0, 0.05) is 0 Å². The van der Waals surface area contributed by atoms with E-state index in [-0.39, 0.29) is 4.90 Å². The maximum Gasteiger partial charge on any atom is 0.422 e. The number of aryl methyl sites for hydroxylation is 1. The summed E-state index contributed by atoms with van der Waals surface area (Å²) in [4.78, 5) is 22.0. The topological polar surface area (TPSA) is 102 Å². The van der Waals surface area contributed by atoms with Crippen LogP contribution in [0.5, 0.6) is 0 Å². The van der Waals surface area contributed by atoms with E-state index in [9.17, 15) is 18.0 Å². The second kappa shape index (κ2) is 6.71. The van der Waals surface area contributed by atoms with Crippen molar-refractivity contribution in [1.82, 2.24) is 10.0 Å². The summed E-state index contributed by atoms with van der Waals surface area (Å²) in [6.45, 7) is 4.55. The second-order valence-electron chi connectivity index (χ2n) is 3.74. The lowest BCUT2D eigenvalue weighted by Gasteiger charge is -2.08. The van der Waals surface area contributed by atoms with Gasteiger partial charge in [-0.1, -0.05) is 24.3 Å². The van der Waals surface area contributed by atoms with E-state index in [1.165, 1.54) is 12.1 Å². The summed E-state index contributed by atoms with van der Waals surface area (Å²) in [5.41, 5.74) is 0.888. The van der Waals surface area contributed by atoms with E-state index in [0.29, 0.717) is 0 Å². The first-order valence-corrected chi connectivity index (χ1v) is 7.00. The molecule has 2 N–H and O–H groups in total. The van der Waals surface area contributed by atoms with Crippen molar-refractivity contribution in [1.29, 1.82) is 0 Å². The smallest absolute Gasteiger partial charge is 0.422 e. The van der Waals surface area contributed by atoms with Gasteiger partial charge in [0.1, 0.15) is 0 Å². The van der Waals surface area contributed by atoms with Crippen molar-refractivity contribution in [3.63, 3.8) is 0 Å². The van der Waals surface area contributed by atoms with E-state index < -0.39 is 28.8 Å². The number of hydrogen-bond acceptors (Lipinski definition) is 5. The molecule has 108 valence electrons. The van der Waals surface area contributed by atoms with Gasteiger partial charge < -0.3 is 10.1 Å². The molecule has 0 aliphatic rings. The Morgan fingerprint density at radius 3 is 2.45 bits per heavy atom. The van der Waals surface area contributed by atoms with Crippen LogP contribution in [0.25, 0.3) is 0 Å². The highest BCUT2D eigenvalue weighted by molar-refractivity contribution is 7.90. The molecular weight excluding hydrogens is 284 g/mol. The summed E-state index contributed by atoms with van der Waals surface area (Å²) < 4.78 is 29.8. The standard InChI is InChI=1S/C12H14N2O5S/c1-3-11(15)13-8-19-12(16)14-20(17,18)10-6-4-9(2)5-7-10/h3-7H,1,8H2,2H3,(H,13,15)(H,14,16). The van der Waals surface area contributed by atoms with Crippen molar-refractivity contribution < 1.29 is 22.7 Å². The van der Waals surface area contributed by atoms with Gasteiger partial charge in [0.2, 0.25) is 5.91 Å². The van der Waals surface area contributed by atoms with Crippen LogP contribution < -0.4 is 10.0 Å². The zero-order valence-corrected chi connectivity index (χ0v) is 11.6. The summed E-state index contributed by atoms with van der Waals surface area (Å²) in [5, 5.41) is 2.16. The van der Waals surface area contributed by atoms with Crippen molar-refractivity contribution in [2.45, 2.75) is 11.8 Å². The fraction of sp³-hybridized carbons (Fsp3) is 0.167. The summed E-state index contributed by atoms with van der Waals surface area (Å²) in [6, 6.07) is 5.93. The second-order valence-corrected chi connectivity index (χ2v) is 5.42. The summed E-state index contributed by atoms with van der Waals surface area (Å²) in [5.74, 6) is -0.542. The minimum atomic E-state index is -3.99. The highest BCUT2D eigenvalue weighted by atomic mass is 32.2. The zero-order chi connectivity index (χ0) is 15.2. The number of hydrogen-bond donors (Lipinski definition) is 2. The molecule has 0 atom stereocenters. The van der Waals surface area contributed by atoms with Gasteiger partial charge in [-0.15, -0.1) is 0 Å². The highest BCUT2D eigenvalue weighted by Gasteiger charge is 2.18. The van der Waals surface area contributed by atoms with Crippen LogP contribution in [0.2, 0.25) is 0 Å². The van der Waals surface area contributed by atoms with Crippen LogP contribution in [-0.2, 0) is 19.6 Å². The fourth-order valence-electron chi connectivity index (χ4n) is 1.16. The third-order valence-electron chi connectivity index (χ3n) is 2.18. The number of nitrogens with one attached hydrogen (secondary N) is 2. The zero-order valence-electron chi connectivity index (χ0n) is 10.8. The summed E-state index contributed by atoms with van der Waals surface area (Å²) >= 11 is 0. The van der Waals surface area contributed by atoms with Gasteiger partial charge in [0.25, 0.3) is 10.0 Å². The molecule has 0 bridgehead atoms. The average molecular weight is 298 g/mol. The maximum absolute atomic E-state index is 11.8. The first-order chi connectivity index (χ1) is 9.35. The number of sulfonamides is 1. The maximum atomic E-state index is 11.8. The molecule has 8 heteroatoms. The van der Waals surface area contributed by atoms with E-state index in [4.69, 9.17) is 0 Å². The molecule has 0 aliphatic carbocycles. The lowest BCUT2D eigenvalue weighted by molar-refractivity contribution is -0.117. The van der Waals surface area contributed by atoms with Crippen LogP contribution in [0.15, 0.2) is 41.8 Å². The molecule has 0 aromatic heterocycles. The molecule has 7 nitrogen and oxygen atoms in total. The Labute approximate surface area is 116 Å². The van der Waals surface area contributed by atoms with Gasteiger partial charge in [0.15, 0.2) is 6.73 Å². The van der Waals surface area contributed by atoms with Crippen LogP contribution in [0.1, 0.15) is 5.56 Å². The van der Waals surface area contributed by atoms with E-state index >= 15 is 0 Å². The lowest BCUT2D eigenvalue weighted by Crippen LogP contribution is -2.34. The molecule has 0 unspecified atom stereocenters. The van der Waals surface area contributed by atoms with Crippen LogP contribution in [0.4, 0.5) is 4.79 Å². The minimum absolute atomic E-state index is 0.0600. The Morgan fingerprint density at radius 2 is 1.90 bits per heavy atom. The first kappa shape index (κ1) is 15.7. The minimum Gasteiger partial charge on any atom is -0.428 e. The third kappa shape index (κ3) is 4.73. The molecule has 0 spiro atoms. The van der Waals surface area contributed by atoms with Gasteiger partial charge in [-0.05, 0) is 25.1 Å². The Hall–Kier alpha value is -2.35. The van der Waals surface area contributed by atoms with E-state index in [2.05, 4.69) is 16.6 Å². The van der Waals surface area contributed by atoms with Crippen molar-refractivity contribution in [2.24, 2.45) is 0 Å². The van der Waals surface area contributed by atoms with Crippen LogP contribution >= 0.6 is 0 Å². The predicted molar refractivity (Wildman–Crippen MR) is 71.2 cm³/mol. The number of rotatable bonds is 5. The third-order valence-corrected chi connectivity index (χ3v) is 3.51. The van der Waals surface area contributed by atoms with Gasteiger partial charge in [-0.2, -0.15) is 0 Å². The summed E-state index contributed by atoms with van der Waals surface area (Å²) in [6.07, 6.45) is -0.195. The molecule has 1 aromatic rings. The molecule has 0 heterocycles. The van der Waals surface area contributed by atoms with Gasteiger partial charge >= 0.3 is 6.09 Å². The van der Waals surface area contributed by atoms with Gasteiger partial charge in [0.05, 0.1) is 4.90 Å². The van der Waals surface area contributed by atoms with E-state index in [1.54, 1.807) is 23.8 Å². The van der Waals surface area contributed by atoms with Crippen molar-refractivity contribution in [2.75, 3.05) is 6.73 Å². The largest absolute Gasteiger partial charge is 0.428 e. The molecule has 0 fully saturated rings. The molecule has 0 radical (unpaired) electrons. The molecule has 1 aromatic carbocycles. The van der Waals surface area contributed by atoms with Crippen LogP contribution in [-0.4, -0.2) is 27.1 Å². The van der Waals surface area contributed by atoms with Crippen LogP contribution in [0.3, 0.4) is 0 Å². The monoisotopic (exact) mass is 298 g/mol. The molecule has 2 amide bonds. The van der Waals surface area contributed by atoms with Crippen LogP contribution in [0, 0.1) is 6.92 Å². The van der Waals surface area contributed by atoms with Gasteiger partial charge in [-0.3, -0.25) is 4.79 Å². The highest BCUT2D eigenvalue weighted by Crippen LogP contribution is 2.09. The fourth-order valence-corrected chi connectivity index (χ4v) is 2.05. The summed E-state index contributed by atoms with van der Waals surface area (Å²) in [7, 11) is -3.99. The van der Waals surface area contributed by atoms with Crippen molar-refractivity contribution in [3.05, 3.63) is 42.5 Å². The molecular formula is C12H14N2O5S.